The molecule has 0 unspecified atom stereocenters. The summed E-state index contributed by atoms with van der Waals surface area (Å²) in [4.78, 5) is 113. The van der Waals surface area contributed by atoms with Crippen LogP contribution in [0.2, 0.25) is 0 Å². The van der Waals surface area contributed by atoms with Gasteiger partial charge in [-0.2, -0.15) is 0 Å². The second-order valence-electron chi connectivity index (χ2n) is 17.7. The quantitative estimate of drug-likeness (QED) is 0.0447. The summed E-state index contributed by atoms with van der Waals surface area (Å²) in [5.74, 6) is -10.6. The van der Waals surface area contributed by atoms with Crippen LogP contribution < -0.4 is 0 Å². The van der Waals surface area contributed by atoms with E-state index >= 15 is 0 Å². The third-order valence-corrected chi connectivity index (χ3v) is 12.2. The minimum absolute atomic E-state index is 0.0236. The zero-order valence-corrected chi connectivity index (χ0v) is 42.7. The predicted molar refractivity (Wildman–Crippen MR) is 286 cm³/mol. The molecule has 0 fully saturated rings. The first kappa shape index (κ1) is 56.7. The standard InChI is InChI=1S/C64H50O17/c65-49(41-25-9-1-10-26-41)58(68)76-51(43-29-13-3-14-30-43)60(70)78-53(45-33-17-5-18-34-45)62(72)80-55(47-37-21-7-22-38-47)64(74)81-56(48-39-23-8-24-40-48)63(73)79-54(46-35-19-6-20-36-46)61(71)77-52(44-31-15-4-16-32-44)59(69)75-50(57(66)67)42-27-11-2-12-28-42/h1-40,49-56,65H,(H,66,67)/t49-,50-,51-,52-,53-,54-,55-,56-/m0/s1. The van der Waals surface area contributed by atoms with Gasteiger partial charge >= 0.3 is 47.8 Å². The Balaban J connectivity index is 1.07. The van der Waals surface area contributed by atoms with Crippen molar-refractivity contribution in [2.24, 2.45) is 0 Å². The molecule has 408 valence electrons. The van der Waals surface area contributed by atoms with Gasteiger partial charge in [0.1, 0.15) is 0 Å². The molecule has 17 nitrogen and oxygen atoms in total. The van der Waals surface area contributed by atoms with Gasteiger partial charge in [-0.25, -0.2) is 38.4 Å². The van der Waals surface area contributed by atoms with Crippen LogP contribution in [0.4, 0.5) is 0 Å². The van der Waals surface area contributed by atoms with Crippen LogP contribution in [0.15, 0.2) is 243 Å². The smallest absolute Gasteiger partial charge is 0.353 e. The Morgan fingerprint density at radius 1 is 0.222 bits per heavy atom. The van der Waals surface area contributed by atoms with E-state index in [1.54, 1.807) is 109 Å². The summed E-state index contributed by atoms with van der Waals surface area (Å²) >= 11 is 0. The lowest BCUT2D eigenvalue weighted by molar-refractivity contribution is -0.193. The fourth-order valence-corrected chi connectivity index (χ4v) is 8.19. The second kappa shape index (κ2) is 27.7. The molecule has 0 aromatic heterocycles. The van der Waals surface area contributed by atoms with Gasteiger partial charge in [-0.05, 0) is 5.56 Å². The molecule has 0 radical (unpaired) electrons. The van der Waals surface area contributed by atoms with Crippen molar-refractivity contribution in [1.82, 2.24) is 0 Å². The van der Waals surface area contributed by atoms with Gasteiger partial charge in [-0.1, -0.05) is 243 Å². The Hall–Kier alpha value is -10.5. The summed E-state index contributed by atoms with van der Waals surface area (Å²) in [7, 11) is 0. The van der Waals surface area contributed by atoms with Crippen molar-refractivity contribution in [2.45, 2.75) is 48.8 Å². The van der Waals surface area contributed by atoms with Crippen LogP contribution in [0, 0.1) is 0 Å². The molecule has 8 aromatic rings. The van der Waals surface area contributed by atoms with E-state index < -0.39 is 96.6 Å². The first-order valence-electron chi connectivity index (χ1n) is 25.1. The number of rotatable bonds is 23. The highest BCUT2D eigenvalue weighted by Gasteiger charge is 2.42. The van der Waals surface area contributed by atoms with Crippen molar-refractivity contribution >= 4 is 47.8 Å². The molecule has 0 spiro atoms. The Morgan fingerprint density at radius 2 is 0.370 bits per heavy atom. The maximum absolute atomic E-state index is 14.8. The van der Waals surface area contributed by atoms with Crippen LogP contribution in [0.3, 0.4) is 0 Å². The highest BCUT2D eigenvalue weighted by molar-refractivity contribution is 5.90. The van der Waals surface area contributed by atoms with Gasteiger partial charge < -0.3 is 43.4 Å². The molecule has 0 aliphatic heterocycles. The lowest BCUT2D eigenvalue weighted by atomic mass is 10.1. The largest absolute Gasteiger partial charge is 0.478 e. The van der Waals surface area contributed by atoms with E-state index in [0.717, 1.165) is 0 Å². The summed E-state index contributed by atoms with van der Waals surface area (Å²) < 4.78 is 40.4. The average Bonchev–Trinajstić information content (AvgIpc) is 3.52. The highest BCUT2D eigenvalue weighted by atomic mass is 16.7. The predicted octanol–water partition coefficient (Wildman–Crippen LogP) is 9.80. The first-order valence-corrected chi connectivity index (χ1v) is 25.1. The van der Waals surface area contributed by atoms with Crippen molar-refractivity contribution in [3.63, 3.8) is 0 Å². The first-order chi connectivity index (χ1) is 39.4. The van der Waals surface area contributed by atoms with Crippen LogP contribution in [-0.4, -0.2) is 58.0 Å². The maximum Gasteiger partial charge on any atom is 0.353 e. The number of aliphatic hydroxyl groups is 1. The number of carbonyl (C=O) groups is 8. The summed E-state index contributed by atoms with van der Waals surface area (Å²) in [6.07, 6.45) is -15.3. The molecule has 8 rings (SSSR count). The molecule has 17 heteroatoms. The van der Waals surface area contributed by atoms with Gasteiger partial charge in [0.15, 0.2) is 6.10 Å². The van der Waals surface area contributed by atoms with E-state index in [1.807, 2.05) is 0 Å². The van der Waals surface area contributed by atoms with E-state index in [4.69, 9.17) is 33.2 Å². The fraction of sp³-hybridized carbons (Fsp3) is 0.125. The zero-order chi connectivity index (χ0) is 57.1. The van der Waals surface area contributed by atoms with E-state index in [2.05, 4.69) is 0 Å². The fourth-order valence-electron chi connectivity index (χ4n) is 8.19. The Kier molecular flexibility index (Phi) is 19.4. The normalized spacial score (nSPS) is 13.8. The molecule has 0 heterocycles. The van der Waals surface area contributed by atoms with Gasteiger partial charge in [0.25, 0.3) is 0 Å². The molecular weight excluding hydrogens is 1040 g/mol. The number of hydrogen-bond donors (Lipinski definition) is 2. The maximum atomic E-state index is 14.8. The molecule has 0 saturated carbocycles. The van der Waals surface area contributed by atoms with Gasteiger partial charge in [0.2, 0.25) is 42.7 Å². The molecule has 81 heavy (non-hydrogen) atoms. The minimum Gasteiger partial charge on any atom is -0.478 e. The Morgan fingerprint density at radius 3 is 0.556 bits per heavy atom. The summed E-state index contributed by atoms with van der Waals surface area (Å²) in [5.41, 5.74) is 0.642. The number of esters is 7. The van der Waals surface area contributed by atoms with Gasteiger partial charge in [0, 0.05) is 38.9 Å². The summed E-state index contributed by atoms with van der Waals surface area (Å²) in [6, 6.07) is 60.9. The van der Waals surface area contributed by atoms with Crippen LogP contribution in [-0.2, 0) is 71.5 Å². The van der Waals surface area contributed by atoms with Crippen LogP contribution >= 0.6 is 0 Å². The number of hydrogen-bond acceptors (Lipinski definition) is 16. The Labute approximate surface area is 463 Å². The number of carbonyl (C=O) groups excluding carboxylic acids is 7. The van der Waals surface area contributed by atoms with Crippen molar-refractivity contribution in [3.05, 3.63) is 287 Å². The molecule has 0 bridgehead atoms. The van der Waals surface area contributed by atoms with E-state index in [9.17, 15) is 48.6 Å². The van der Waals surface area contributed by atoms with Crippen molar-refractivity contribution in [3.8, 4) is 0 Å². The molecule has 0 saturated heterocycles. The molecule has 0 aliphatic carbocycles. The van der Waals surface area contributed by atoms with E-state index in [0.29, 0.717) is 0 Å². The molecule has 2 N–H and O–H groups in total. The van der Waals surface area contributed by atoms with Crippen molar-refractivity contribution in [1.29, 1.82) is 0 Å². The lowest BCUT2D eigenvalue weighted by Gasteiger charge is -2.26. The van der Waals surface area contributed by atoms with Crippen molar-refractivity contribution in [2.75, 3.05) is 0 Å². The summed E-state index contributed by atoms with van der Waals surface area (Å²) in [5, 5.41) is 21.0. The van der Waals surface area contributed by atoms with Gasteiger partial charge in [0.05, 0.1) is 0 Å². The minimum atomic E-state index is -2.00. The third-order valence-electron chi connectivity index (χ3n) is 12.2. The third kappa shape index (κ3) is 14.9. The SMILES string of the molecule is O=C(O[C@H](C(=O)O[C@H](C(=O)O[C@H](C(=O)O[C@H](C(=O)O[C@H](C(=O)O[C@H](C(=O)O[C@H](C(=O)O)c1ccccc1)c1ccccc1)c1ccccc1)c1ccccc1)c1ccccc1)c1ccccc1)c1ccccc1)[C@@H](O)c1ccccc1. The van der Waals surface area contributed by atoms with Gasteiger partial charge in [-0.15, -0.1) is 0 Å². The average molecular weight is 1090 g/mol. The summed E-state index contributed by atoms with van der Waals surface area (Å²) in [6.45, 7) is 0. The van der Waals surface area contributed by atoms with Gasteiger partial charge in [-0.3, -0.25) is 0 Å². The molecule has 0 amide bonds. The van der Waals surface area contributed by atoms with E-state index in [1.165, 1.54) is 133 Å². The van der Waals surface area contributed by atoms with Crippen molar-refractivity contribution < 1.29 is 81.7 Å². The topological polar surface area (TPSA) is 242 Å². The van der Waals surface area contributed by atoms with E-state index in [-0.39, 0.29) is 44.5 Å². The molecule has 8 atom stereocenters. The highest BCUT2D eigenvalue weighted by Crippen LogP contribution is 2.34. The zero-order valence-electron chi connectivity index (χ0n) is 42.7. The number of carboxylic acids is 1. The Bertz CT molecular complexity index is 3390. The second-order valence-corrected chi connectivity index (χ2v) is 17.7. The number of aliphatic hydroxyl groups excluding tert-OH is 1. The van der Waals surface area contributed by atoms with Crippen LogP contribution in [0.25, 0.3) is 0 Å². The number of aliphatic carboxylic acids is 1. The molecular formula is C64H50O17. The lowest BCUT2D eigenvalue weighted by Crippen LogP contribution is -2.33. The number of carboxylic acid groups (broad SMARTS) is 1. The van der Waals surface area contributed by atoms with Crippen LogP contribution in [0.5, 0.6) is 0 Å². The molecule has 0 aliphatic rings. The molecule has 8 aromatic carbocycles. The monoisotopic (exact) mass is 1090 g/mol. The number of ether oxygens (including phenoxy) is 7. The van der Waals surface area contributed by atoms with Crippen LogP contribution in [0.1, 0.15) is 93.3 Å². The number of benzene rings is 8.